The highest BCUT2D eigenvalue weighted by Gasteiger charge is 2.26. The van der Waals surface area contributed by atoms with Crippen LogP contribution < -0.4 is 4.74 Å². The van der Waals surface area contributed by atoms with Crippen molar-refractivity contribution in [3.05, 3.63) is 29.3 Å². The second-order valence-electron chi connectivity index (χ2n) is 7.60. The van der Waals surface area contributed by atoms with Crippen molar-refractivity contribution in [2.45, 2.75) is 45.8 Å². The highest BCUT2D eigenvalue weighted by Crippen LogP contribution is 2.30. The van der Waals surface area contributed by atoms with E-state index < -0.39 is 5.60 Å². The Kier molecular flexibility index (Phi) is 6.67. The predicted molar refractivity (Wildman–Crippen MR) is 99.4 cm³/mol. The number of fused-ring (bicyclic) bond motifs is 1. The summed E-state index contributed by atoms with van der Waals surface area (Å²) in [4.78, 5) is 4.51. The average molecular weight is 335 g/mol. The molecule has 0 saturated heterocycles. The first-order chi connectivity index (χ1) is 11.4. The molecular weight excluding hydrogens is 300 g/mol. The van der Waals surface area contributed by atoms with Crippen molar-refractivity contribution < 1.29 is 9.84 Å². The Hall–Kier alpha value is -1.10. The van der Waals surface area contributed by atoms with Gasteiger partial charge in [0.2, 0.25) is 0 Å². The molecule has 1 aliphatic heterocycles. The number of hydrogen-bond donors (Lipinski definition) is 1. The van der Waals surface area contributed by atoms with Crippen molar-refractivity contribution in [1.29, 1.82) is 0 Å². The zero-order valence-electron chi connectivity index (χ0n) is 16.0. The molecule has 0 aliphatic carbocycles. The van der Waals surface area contributed by atoms with Crippen LogP contribution in [0.4, 0.5) is 0 Å². The Balaban J connectivity index is 2.19. The normalized spacial score (nSPS) is 18.2. The molecule has 0 radical (unpaired) electrons. The van der Waals surface area contributed by atoms with Crippen LogP contribution in [0.1, 0.15) is 44.7 Å². The summed E-state index contributed by atoms with van der Waals surface area (Å²) in [5.74, 6) is 1.71. The van der Waals surface area contributed by atoms with Crippen LogP contribution in [0.5, 0.6) is 5.75 Å². The second-order valence-corrected chi connectivity index (χ2v) is 7.60. The molecule has 136 valence electrons. The van der Waals surface area contributed by atoms with Gasteiger partial charge in [-0.3, -0.25) is 4.90 Å². The molecule has 1 aromatic carbocycles. The van der Waals surface area contributed by atoms with Crippen LogP contribution in [0, 0.1) is 5.92 Å². The average Bonchev–Trinajstić information content (AvgIpc) is 2.72. The molecular formula is C20H34N2O2. The lowest BCUT2D eigenvalue weighted by Gasteiger charge is -2.28. The quantitative estimate of drug-likeness (QED) is 0.831. The summed E-state index contributed by atoms with van der Waals surface area (Å²) in [5.41, 5.74) is 1.29. The Morgan fingerprint density at radius 1 is 1.29 bits per heavy atom. The van der Waals surface area contributed by atoms with Crippen LogP contribution in [0.25, 0.3) is 0 Å². The van der Waals surface area contributed by atoms with Crippen molar-refractivity contribution in [3.8, 4) is 5.75 Å². The van der Waals surface area contributed by atoms with Crippen LogP contribution in [0.15, 0.2) is 18.2 Å². The maximum Gasteiger partial charge on any atom is 0.123 e. The number of rotatable bonds is 7. The largest absolute Gasteiger partial charge is 0.492 e. The molecule has 0 bridgehead atoms. The van der Waals surface area contributed by atoms with E-state index in [0.717, 1.165) is 43.5 Å². The minimum atomic E-state index is -0.856. The van der Waals surface area contributed by atoms with Gasteiger partial charge in [-0.15, -0.1) is 0 Å². The summed E-state index contributed by atoms with van der Waals surface area (Å²) < 4.78 is 5.94. The summed E-state index contributed by atoms with van der Waals surface area (Å²) in [7, 11) is 3.97. The minimum Gasteiger partial charge on any atom is -0.492 e. The van der Waals surface area contributed by atoms with Gasteiger partial charge in [-0.1, -0.05) is 32.8 Å². The molecule has 1 atom stereocenters. The van der Waals surface area contributed by atoms with Crippen LogP contribution in [-0.2, 0) is 12.1 Å². The molecule has 4 heteroatoms. The Labute approximate surface area is 147 Å². The molecule has 1 aliphatic rings. The standard InChI is InChI=1S/C20H34N2O2/c1-6-16(7-2)13-22-10-11-24-19-9-8-18(12-17(19)14-22)20(3,23)15-21(4)5/h8-9,12,16,23H,6-7,10-11,13-15H2,1-5H3. The molecule has 0 spiro atoms. The van der Waals surface area contributed by atoms with E-state index in [1.807, 2.05) is 38.1 Å². The molecule has 0 amide bonds. The van der Waals surface area contributed by atoms with E-state index in [4.69, 9.17) is 4.74 Å². The summed E-state index contributed by atoms with van der Waals surface area (Å²) in [6, 6.07) is 6.15. The smallest absolute Gasteiger partial charge is 0.123 e. The summed E-state index contributed by atoms with van der Waals surface area (Å²) in [5, 5.41) is 10.8. The van der Waals surface area contributed by atoms with Gasteiger partial charge in [-0.05, 0) is 44.6 Å². The number of likely N-dealkylation sites (N-methyl/N-ethyl adjacent to an activating group) is 1. The first-order valence-electron chi connectivity index (χ1n) is 9.21. The number of ether oxygens (including phenoxy) is 1. The minimum absolute atomic E-state index is 0.601. The van der Waals surface area contributed by atoms with Gasteiger partial charge in [0.05, 0.1) is 5.60 Å². The van der Waals surface area contributed by atoms with Crippen LogP contribution in [-0.4, -0.2) is 55.2 Å². The first kappa shape index (κ1) is 19.2. The van der Waals surface area contributed by atoms with E-state index in [2.05, 4.69) is 24.8 Å². The highest BCUT2D eigenvalue weighted by molar-refractivity contribution is 5.40. The Bertz CT molecular complexity index is 524. The lowest BCUT2D eigenvalue weighted by molar-refractivity contribution is 0.0299. The Morgan fingerprint density at radius 3 is 2.62 bits per heavy atom. The molecule has 1 unspecified atom stereocenters. The van der Waals surface area contributed by atoms with Gasteiger partial charge in [0, 0.05) is 31.7 Å². The van der Waals surface area contributed by atoms with Gasteiger partial charge in [-0.25, -0.2) is 0 Å². The highest BCUT2D eigenvalue weighted by atomic mass is 16.5. The summed E-state index contributed by atoms with van der Waals surface area (Å²) in [6.07, 6.45) is 2.44. The molecule has 4 nitrogen and oxygen atoms in total. The van der Waals surface area contributed by atoms with Gasteiger partial charge in [0.25, 0.3) is 0 Å². The molecule has 0 saturated carbocycles. The maximum absolute atomic E-state index is 10.8. The third-order valence-electron chi connectivity index (χ3n) is 5.04. The van der Waals surface area contributed by atoms with Crippen molar-refractivity contribution in [3.63, 3.8) is 0 Å². The number of nitrogens with zero attached hydrogens (tertiary/aromatic N) is 2. The van der Waals surface area contributed by atoms with E-state index in [0.29, 0.717) is 6.54 Å². The summed E-state index contributed by atoms with van der Waals surface area (Å²) >= 11 is 0. The number of benzene rings is 1. The van der Waals surface area contributed by atoms with Gasteiger partial charge in [0.1, 0.15) is 12.4 Å². The number of hydrogen-bond acceptors (Lipinski definition) is 4. The fraction of sp³-hybridized carbons (Fsp3) is 0.700. The fourth-order valence-corrected chi connectivity index (χ4v) is 3.56. The topological polar surface area (TPSA) is 35.9 Å². The molecule has 1 N–H and O–H groups in total. The fourth-order valence-electron chi connectivity index (χ4n) is 3.56. The zero-order valence-corrected chi connectivity index (χ0v) is 16.0. The molecule has 0 aromatic heterocycles. The van der Waals surface area contributed by atoms with E-state index >= 15 is 0 Å². The molecule has 24 heavy (non-hydrogen) atoms. The van der Waals surface area contributed by atoms with E-state index in [9.17, 15) is 5.11 Å². The second kappa shape index (κ2) is 8.32. The van der Waals surface area contributed by atoms with Crippen molar-refractivity contribution >= 4 is 0 Å². The lowest BCUT2D eigenvalue weighted by Crippen LogP contribution is -2.35. The molecule has 1 aromatic rings. The van der Waals surface area contributed by atoms with Crippen LogP contribution in [0.2, 0.25) is 0 Å². The van der Waals surface area contributed by atoms with Gasteiger partial charge in [0.15, 0.2) is 0 Å². The van der Waals surface area contributed by atoms with E-state index in [1.54, 1.807) is 0 Å². The van der Waals surface area contributed by atoms with Crippen LogP contribution in [0.3, 0.4) is 0 Å². The third kappa shape index (κ3) is 4.95. The van der Waals surface area contributed by atoms with Gasteiger partial charge < -0.3 is 14.7 Å². The first-order valence-corrected chi connectivity index (χ1v) is 9.21. The lowest BCUT2D eigenvalue weighted by atomic mass is 9.93. The monoisotopic (exact) mass is 334 g/mol. The Morgan fingerprint density at radius 2 is 2.00 bits per heavy atom. The SMILES string of the molecule is CCC(CC)CN1CCOc2ccc(C(C)(O)CN(C)C)cc2C1. The molecule has 2 rings (SSSR count). The third-order valence-corrected chi connectivity index (χ3v) is 5.04. The molecule has 1 heterocycles. The maximum atomic E-state index is 10.8. The van der Waals surface area contributed by atoms with Crippen LogP contribution >= 0.6 is 0 Å². The summed E-state index contributed by atoms with van der Waals surface area (Å²) in [6.45, 7) is 10.7. The van der Waals surface area contributed by atoms with Gasteiger partial charge >= 0.3 is 0 Å². The van der Waals surface area contributed by atoms with Gasteiger partial charge in [-0.2, -0.15) is 0 Å². The van der Waals surface area contributed by atoms with Crippen molar-refractivity contribution in [2.24, 2.45) is 5.92 Å². The zero-order chi connectivity index (χ0) is 17.7. The molecule has 0 fully saturated rings. The number of aliphatic hydroxyl groups is 1. The van der Waals surface area contributed by atoms with Crippen molar-refractivity contribution in [1.82, 2.24) is 9.80 Å². The predicted octanol–water partition coefficient (Wildman–Crippen LogP) is 3.09. The van der Waals surface area contributed by atoms with Crippen molar-refractivity contribution in [2.75, 3.05) is 40.3 Å². The van der Waals surface area contributed by atoms with E-state index in [1.165, 1.54) is 18.4 Å². The van der Waals surface area contributed by atoms with E-state index in [-0.39, 0.29) is 0 Å².